The van der Waals surface area contributed by atoms with Crippen molar-refractivity contribution in [3.8, 4) is 11.5 Å². The number of nitrogens with one attached hydrogen (secondary N) is 1. The summed E-state index contributed by atoms with van der Waals surface area (Å²) < 4.78 is 16.4. The molecule has 1 unspecified atom stereocenters. The number of carbonyl (C=O) groups is 1. The highest BCUT2D eigenvalue weighted by molar-refractivity contribution is 6.31. The Morgan fingerprint density at radius 3 is 2.41 bits per heavy atom. The molecule has 0 spiro atoms. The van der Waals surface area contributed by atoms with Crippen LogP contribution in [0, 0.1) is 0 Å². The Morgan fingerprint density at radius 1 is 1.10 bits per heavy atom. The Kier molecular flexibility index (Phi) is 8.16. The third-order valence-electron chi connectivity index (χ3n) is 4.75. The highest BCUT2D eigenvalue weighted by Gasteiger charge is 2.24. The number of halogens is 1. The zero-order chi connectivity index (χ0) is 20.5. The van der Waals surface area contributed by atoms with Crippen LogP contribution in [-0.4, -0.2) is 56.9 Å². The lowest BCUT2D eigenvalue weighted by molar-refractivity contribution is -0.123. The Labute approximate surface area is 176 Å². The van der Waals surface area contributed by atoms with Crippen molar-refractivity contribution in [1.82, 2.24) is 10.2 Å². The molecule has 1 fully saturated rings. The quantitative estimate of drug-likeness (QED) is 0.677. The van der Waals surface area contributed by atoms with E-state index in [2.05, 4.69) is 10.2 Å². The maximum Gasteiger partial charge on any atom is 0.258 e. The summed E-state index contributed by atoms with van der Waals surface area (Å²) in [5.41, 5.74) is 1.00. The minimum atomic E-state index is -0.177. The fourth-order valence-corrected chi connectivity index (χ4v) is 3.54. The molecule has 6 nitrogen and oxygen atoms in total. The minimum absolute atomic E-state index is 0.0120. The summed E-state index contributed by atoms with van der Waals surface area (Å²) in [7, 11) is 0. The summed E-state index contributed by atoms with van der Waals surface area (Å²) in [5, 5.41) is 3.68. The number of carbonyl (C=O) groups excluding carboxylic acids is 1. The molecule has 0 radical (unpaired) electrons. The normalized spacial score (nSPS) is 15.5. The zero-order valence-corrected chi connectivity index (χ0v) is 17.4. The average molecular weight is 419 g/mol. The Hall–Kier alpha value is -2.28. The van der Waals surface area contributed by atoms with E-state index in [0.717, 1.165) is 24.4 Å². The van der Waals surface area contributed by atoms with Gasteiger partial charge in [-0.2, -0.15) is 0 Å². The standard InChI is InChI=1S/C22H27ClN2O4/c1-2-28-17-7-9-18(10-8-17)29-16-22(26)24-15-21(25-11-13-27-14-12-25)19-5-3-4-6-20(19)23/h3-10,21H,2,11-16H2,1H3,(H,24,26). The number of hydrogen-bond donors (Lipinski definition) is 1. The lowest BCUT2D eigenvalue weighted by atomic mass is 10.0. The molecule has 1 aliphatic heterocycles. The van der Waals surface area contributed by atoms with Crippen molar-refractivity contribution in [3.05, 3.63) is 59.1 Å². The summed E-state index contributed by atoms with van der Waals surface area (Å²) in [5.74, 6) is 1.22. The molecule has 1 aliphatic rings. The Morgan fingerprint density at radius 2 is 1.76 bits per heavy atom. The lowest BCUT2D eigenvalue weighted by Crippen LogP contribution is -2.44. The molecule has 0 saturated carbocycles. The first-order valence-electron chi connectivity index (χ1n) is 9.86. The van der Waals surface area contributed by atoms with Gasteiger partial charge in [-0.25, -0.2) is 0 Å². The monoisotopic (exact) mass is 418 g/mol. The van der Waals surface area contributed by atoms with Crippen LogP contribution in [0.3, 0.4) is 0 Å². The van der Waals surface area contributed by atoms with E-state index in [4.69, 9.17) is 25.8 Å². The van der Waals surface area contributed by atoms with Gasteiger partial charge >= 0.3 is 0 Å². The van der Waals surface area contributed by atoms with Crippen LogP contribution in [0.25, 0.3) is 0 Å². The summed E-state index contributed by atoms with van der Waals surface area (Å²) in [6.07, 6.45) is 0. The van der Waals surface area contributed by atoms with Gasteiger partial charge in [-0.3, -0.25) is 9.69 Å². The first kappa shape index (κ1) is 21.4. The van der Waals surface area contributed by atoms with Crippen molar-refractivity contribution in [2.75, 3.05) is 46.1 Å². The second kappa shape index (κ2) is 11.0. The van der Waals surface area contributed by atoms with Crippen molar-refractivity contribution < 1.29 is 19.0 Å². The maximum atomic E-state index is 12.4. The summed E-state index contributed by atoms with van der Waals surface area (Å²) in [6, 6.07) is 15.0. The third kappa shape index (κ3) is 6.35. The first-order chi connectivity index (χ1) is 14.2. The predicted octanol–water partition coefficient (Wildman–Crippen LogP) is 3.31. The molecular weight excluding hydrogens is 392 g/mol. The van der Waals surface area contributed by atoms with Crippen LogP contribution < -0.4 is 14.8 Å². The van der Waals surface area contributed by atoms with Crippen LogP contribution in [0.4, 0.5) is 0 Å². The molecule has 7 heteroatoms. The maximum absolute atomic E-state index is 12.4. The molecular formula is C22H27ClN2O4. The van der Waals surface area contributed by atoms with E-state index < -0.39 is 0 Å². The van der Waals surface area contributed by atoms with Crippen LogP contribution in [-0.2, 0) is 9.53 Å². The summed E-state index contributed by atoms with van der Waals surface area (Å²) in [6.45, 7) is 5.90. The molecule has 1 atom stereocenters. The third-order valence-corrected chi connectivity index (χ3v) is 5.09. The topological polar surface area (TPSA) is 60.0 Å². The van der Waals surface area contributed by atoms with Crippen LogP contribution in [0.1, 0.15) is 18.5 Å². The molecule has 1 N–H and O–H groups in total. The van der Waals surface area contributed by atoms with Gasteiger partial charge in [0, 0.05) is 24.7 Å². The number of benzene rings is 2. The molecule has 1 heterocycles. The van der Waals surface area contributed by atoms with Crippen molar-refractivity contribution in [2.24, 2.45) is 0 Å². The predicted molar refractivity (Wildman–Crippen MR) is 113 cm³/mol. The number of ether oxygens (including phenoxy) is 3. The second-order valence-electron chi connectivity index (χ2n) is 6.68. The van der Waals surface area contributed by atoms with E-state index >= 15 is 0 Å². The number of rotatable bonds is 9. The van der Waals surface area contributed by atoms with E-state index in [9.17, 15) is 4.79 Å². The fourth-order valence-electron chi connectivity index (χ4n) is 3.28. The van der Waals surface area contributed by atoms with Gasteiger partial charge in [-0.15, -0.1) is 0 Å². The minimum Gasteiger partial charge on any atom is -0.494 e. The lowest BCUT2D eigenvalue weighted by Gasteiger charge is -2.35. The fraction of sp³-hybridized carbons (Fsp3) is 0.409. The van der Waals surface area contributed by atoms with Gasteiger partial charge in [0.25, 0.3) is 5.91 Å². The SMILES string of the molecule is CCOc1ccc(OCC(=O)NCC(c2ccccc2Cl)N2CCOCC2)cc1. The van der Waals surface area contributed by atoms with Crippen LogP contribution in [0.15, 0.2) is 48.5 Å². The van der Waals surface area contributed by atoms with Crippen molar-refractivity contribution in [1.29, 1.82) is 0 Å². The van der Waals surface area contributed by atoms with E-state index in [0.29, 0.717) is 37.1 Å². The second-order valence-corrected chi connectivity index (χ2v) is 7.09. The van der Waals surface area contributed by atoms with Crippen LogP contribution in [0.2, 0.25) is 5.02 Å². The molecule has 2 aromatic rings. The van der Waals surface area contributed by atoms with Gasteiger partial charge in [0.1, 0.15) is 11.5 Å². The Balaban J connectivity index is 1.55. The van der Waals surface area contributed by atoms with Gasteiger partial charge < -0.3 is 19.5 Å². The molecule has 0 aliphatic carbocycles. The molecule has 156 valence electrons. The number of nitrogens with zero attached hydrogens (tertiary/aromatic N) is 1. The smallest absolute Gasteiger partial charge is 0.258 e. The average Bonchev–Trinajstić information content (AvgIpc) is 2.75. The van der Waals surface area contributed by atoms with Gasteiger partial charge in [-0.1, -0.05) is 29.8 Å². The molecule has 0 bridgehead atoms. The van der Waals surface area contributed by atoms with Gasteiger partial charge in [0.05, 0.1) is 25.9 Å². The van der Waals surface area contributed by atoms with Gasteiger partial charge in [0.15, 0.2) is 6.61 Å². The van der Waals surface area contributed by atoms with Crippen molar-refractivity contribution in [3.63, 3.8) is 0 Å². The summed E-state index contributed by atoms with van der Waals surface area (Å²) >= 11 is 6.42. The van der Waals surface area contributed by atoms with Crippen LogP contribution >= 0.6 is 11.6 Å². The molecule has 3 rings (SSSR count). The molecule has 0 aromatic heterocycles. The van der Waals surface area contributed by atoms with E-state index in [1.54, 1.807) is 12.1 Å². The van der Waals surface area contributed by atoms with Crippen LogP contribution in [0.5, 0.6) is 11.5 Å². The highest BCUT2D eigenvalue weighted by atomic mass is 35.5. The number of amides is 1. The van der Waals surface area contributed by atoms with Crippen molar-refractivity contribution in [2.45, 2.75) is 13.0 Å². The molecule has 1 amide bonds. The van der Waals surface area contributed by atoms with E-state index in [1.165, 1.54) is 0 Å². The molecule has 29 heavy (non-hydrogen) atoms. The molecule has 2 aromatic carbocycles. The zero-order valence-electron chi connectivity index (χ0n) is 16.6. The van der Waals surface area contributed by atoms with E-state index in [1.807, 2.05) is 43.3 Å². The summed E-state index contributed by atoms with van der Waals surface area (Å²) in [4.78, 5) is 14.6. The van der Waals surface area contributed by atoms with Gasteiger partial charge in [0.2, 0.25) is 0 Å². The molecule has 1 saturated heterocycles. The number of hydrogen-bond acceptors (Lipinski definition) is 5. The van der Waals surface area contributed by atoms with Crippen molar-refractivity contribution >= 4 is 17.5 Å². The highest BCUT2D eigenvalue weighted by Crippen LogP contribution is 2.27. The largest absolute Gasteiger partial charge is 0.494 e. The Bertz CT molecular complexity index is 779. The van der Waals surface area contributed by atoms with Gasteiger partial charge in [-0.05, 0) is 42.8 Å². The van der Waals surface area contributed by atoms with E-state index in [-0.39, 0.29) is 18.6 Å². The number of morpholine rings is 1. The first-order valence-corrected chi connectivity index (χ1v) is 10.2.